The van der Waals surface area contributed by atoms with Gasteiger partial charge in [-0.2, -0.15) is 0 Å². The molecule has 2 heteroatoms. The van der Waals surface area contributed by atoms with E-state index in [1.165, 1.54) is 29.5 Å². The first-order chi connectivity index (χ1) is 9.31. The van der Waals surface area contributed by atoms with Crippen LogP contribution in [0, 0.1) is 6.92 Å². The van der Waals surface area contributed by atoms with Crippen LogP contribution in [0.4, 0.5) is 0 Å². The van der Waals surface area contributed by atoms with Crippen LogP contribution < -0.4 is 5.32 Å². The van der Waals surface area contributed by atoms with E-state index in [1.807, 2.05) is 12.4 Å². The standard InChI is InChI=1S/C17H20N2/c1-13-3-2-4-15(9-13)16-10-17(11-16)19-12-14-5-7-18-8-6-14/h2-9,16-17,19H,10-12H2,1H3. The molecule has 1 heterocycles. The lowest BCUT2D eigenvalue weighted by Crippen LogP contribution is -2.39. The summed E-state index contributed by atoms with van der Waals surface area (Å²) < 4.78 is 0. The van der Waals surface area contributed by atoms with Crippen LogP contribution in [0.1, 0.15) is 35.4 Å². The van der Waals surface area contributed by atoms with E-state index in [4.69, 9.17) is 0 Å². The van der Waals surface area contributed by atoms with Crippen LogP contribution in [0.5, 0.6) is 0 Å². The lowest BCUT2D eigenvalue weighted by Gasteiger charge is -2.36. The van der Waals surface area contributed by atoms with Gasteiger partial charge in [-0.25, -0.2) is 0 Å². The number of nitrogens with zero attached hydrogens (tertiary/aromatic N) is 1. The Bertz CT molecular complexity index is 530. The highest BCUT2D eigenvalue weighted by molar-refractivity contribution is 5.27. The Morgan fingerprint density at radius 2 is 1.95 bits per heavy atom. The lowest BCUT2D eigenvalue weighted by atomic mass is 9.75. The van der Waals surface area contributed by atoms with Gasteiger partial charge in [0, 0.05) is 25.0 Å². The number of rotatable bonds is 4. The van der Waals surface area contributed by atoms with Crippen LogP contribution >= 0.6 is 0 Å². The van der Waals surface area contributed by atoms with Crippen molar-refractivity contribution >= 4 is 0 Å². The average molecular weight is 252 g/mol. The fourth-order valence-electron chi connectivity index (χ4n) is 2.74. The van der Waals surface area contributed by atoms with E-state index < -0.39 is 0 Å². The topological polar surface area (TPSA) is 24.9 Å². The highest BCUT2D eigenvalue weighted by Crippen LogP contribution is 2.37. The predicted octanol–water partition coefficient (Wildman–Crippen LogP) is 3.43. The summed E-state index contributed by atoms with van der Waals surface area (Å²) in [7, 11) is 0. The minimum Gasteiger partial charge on any atom is -0.310 e. The Hall–Kier alpha value is -1.67. The summed E-state index contributed by atoms with van der Waals surface area (Å²) in [4.78, 5) is 4.04. The van der Waals surface area contributed by atoms with E-state index in [0.717, 1.165) is 12.5 Å². The molecule has 1 aromatic carbocycles. The van der Waals surface area contributed by atoms with Crippen molar-refractivity contribution in [2.24, 2.45) is 0 Å². The Balaban J connectivity index is 1.48. The number of benzene rings is 1. The fourth-order valence-corrected chi connectivity index (χ4v) is 2.74. The van der Waals surface area contributed by atoms with Gasteiger partial charge in [0.1, 0.15) is 0 Å². The molecule has 1 saturated carbocycles. The molecule has 3 rings (SSSR count). The monoisotopic (exact) mass is 252 g/mol. The zero-order valence-electron chi connectivity index (χ0n) is 11.3. The smallest absolute Gasteiger partial charge is 0.0271 e. The average Bonchev–Trinajstić information content (AvgIpc) is 2.38. The molecule has 1 N–H and O–H groups in total. The van der Waals surface area contributed by atoms with E-state index >= 15 is 0 Å². The third kappa shape index (κ3) is 3.02. The van der Waals surface area contributed by atoms with Gasteiger partial charge in [0.2, 0.25) is 0 Å². The van der Waals surface area contributed by atoms with Crippen molar-refractivity contribution in [1.82, 2.24) is 10.3 Å². The Morgan fingerprint density at radius 1 is 1.16 bits per heavy atom. The molecule has 1 aromatic heterocycles. The summed E-state index contributed by atoms with van der Waals surface area (Å²) in [5.41, 5.74) is 4.18. The van der Waals surface area contributed by atoms with E-state index in [0.29, 0.717) is 6.04 Å². The summed E-state index contributed by atoms with van der Waals surface area (Å²) in [5.74, 6) is 0.745. The second kappa shape index (κ2) is 5.54. The molecule has 0 unspecified atom stereocenters. The van der Waals surface area contributed by atoms with Gasteiger partial charge in [-0.15, -0.1) is 0 Å². The number of aryl methyl sites for hydroxylation is 1. The van der Waals surface area contributed by atoms with Gasteiger partial charge < -0.3 is 5.32 Å². The first kappa shape index (κ1) is 12.4. The number of nitrogens with one attached hydrogen (secondary N) is 1. The molecule has 2 aromatic rings. The molecule has 1 aliphatic rings. The fraction of sp³-hybridized carbons (Fsp3) is 0.353. The summed E-state index contributed by atoms with van der Waals surface area (Å²) in [6.45, 7) is 3.12. The molecule has 1 fully saturated rings. The Morgan fingerprint density at radius 3 is 2.68 bits per heavy atom. The highest BCUT2D eigenvalue weighted by atomic mass is 14.9. The molecule has 0 bridgehead atoms. The quantitative estimate of drug-likeness (QED) is 0.901. The molecule has 1 aliphatic carbocycles. The van der Waals surface area contributed by atoms with Crippen molar-refractivity contribution in [2.45, 2.75) is 38.3 Å². The van der Waals surface area contributed by atoms with Crippen molar-refractivity contribution in [1.29, 1.82) is 0 Å². The number of pyridine rings is 1. The van der Waals surface area contributed by atoms with Crippen molar-refractivity contribution in [3.8, 4) is 0 Å². The van der Waals surface area contributed by atoms with E-state index in [2.05, 4.69) is 53.6 Å². The maximum absolute atomic E-state index is 4.04. The van der Waals surface area contributed by atoms with Crippen LogP contribution in [-0.2, 0) is 6.54 Å². The van der Waals surface area contributed by atoms with Crippen molar-refractivity contribution in [3.63, 3.8) is 0 Å². The second-order valence-corrected chi connectivity index (χ2v) is 5.52. The molecule has 0 radical (unpaired) electrons. The first-order valence-corrected chi connectivity index (χ1v) is 7.00. The Labute approximate surface area is 114 Å². The third-order valence-electron chi connectivity index (χ3n) is 4.00. The van der Waals surface area contributed by atoms with Crippen LogP contribution in [0.15, 0.2) is 48.8 Å². The maximum atomic E-state index is 4.04. The van der Waals surface area contributed by atoms with E-state index in [9.17, 15) is 0 Å². The summed E-state index contributed by atoms with van der Waals surface area (Å²) in [6.07, 6.45) is 6.23. The molecule has 19 heavy (non-hydrogen) atoms. The van der Waals surface area contributed by atoms with E-state index in [1.54, 1.807) is 0 Å². The summed E-state index contributed by atoms with van der Waals surface area (Å²) in [6, 6.07) is 13.7. The van der Waals surface area contributed by atoms with Gasteiger partial charge >= 0.3 is 0 Å². The van der Waals surface area contributed by atoms with Crippen LogP contribution in [-0.4, -0.2) is 11.0 Å². The molecule has 0 amide bonds. The zero-order chi connectivity index (χ0) is 13.1. The Kier molecular flexibility index (Phi) is 3.60. The van der Waals surface area contributed by atoms with Crippen LogP contribution in [0.3, 0.4) is 0 Å². The molecular formula is C17H20N2. The van der Waals surface area contributed by atoms with Crippen molar-refractivity contribution in [2.75, 3.05) is 0 Å². The maximum Gasteiger partial charge on any atom is 0.0271 e. The minimum absolute atomic E-state index is 0.665. The van der Waals surface area contributed by atoms with Crippen molar-refractivity contribution in [3.05, 3.63) is 65.5 Å². The zero-order valence-corrected chi connectivity index (χ0v) is 11.3. The normalized spacial score (nSPS) is 21.9. The SMILES string of the molecule is Cc1cccc(C2CC(NCc3ccncc3)C2)c1. The second-order valence-electron chi connectivity index (χ2n) is 5.52. The van der Waals surface area contributed by atoms with Gasteiger partial charge in [0.05, 0.1) is 0 Å². The molecule has 0 aliphatic heterocycles. The largest absolute Gasteiger partial charge is 0.310 e. The van der Waals surface area contributed by atoms with Gasteiger partial charge in [-0.05, 0) is 48.9 Å². The number of hydrogen-bond acceptors (Lipinski definition) is 2. The van der Waals surface area contributed by atoms with Gasteiger partial charge in [0.15, 0.2) is 0 Å². The van der Waals surface area contributed by atoms with Gasteiger partial charge in [-0.1, -0.05) is 29.8 Å². The molecule has 0 saturated heterocycles. The summed E-state index contributed by atoms with van der Waals surface area (Å²) in [5, 5.41) is 3.62. The van der Waals surface area contributed by atoms with Crippen molar-refractivity contribution < 1.29 is 0 Å². The molecular weight excluding hydrogens is 232 g/mol. The molecule has 0 atom stereocenters. The van der Waals surface area contributed by atoms with Crippen LogP contribution in [0.25, 0.3) is 0 Å². The third-order valence-corrected chi connectivity index (χ3v) is 4.00. The van der Waals surface area contributed by atoms with Gasteiger partial charge in [-0.3, -0.25) is 4.98 Å². The van der Waals surface area contributed by atoms with Gasteiger partial charge in [0.25, 0.3) is 0 Å². The molecule has 2 nitrogen and oxygen atoms in total. The number of hydrogen-bond donors (Lipinski definition) is 1. The first-order valence-electron chi connectivity index (χ1n) is 7.00. The predicted molar refractivity (Wildman–Crippen MR) is 78.0 cm³/mol. The summed E-state index contributed by atoms with van der Waals surface area (Å²) >= 11 is 0. The minimum atomic E-state index is 0.665. The van der Waals surface area contributed by atoms with Crippen LogP contribution in [0.2, 0.25) is 0 Å². The molecule has 0 spiro atoms. The van der Waals surface area contributed by atoms with E-state index in [-0.39, 0.29) is 0 Å². The number of aromatic nitrogens is 1. The highest BCUT2D eigenvalue weighted by Gasteiger charge is 2.29. The molecule has 98 valence electrons. The lowest BCUT2D eigenvalue weighted by molar-refractivity contribution is 0.289.